The second kappa shape index (κ2) is 6.98. The van der Waals surface area contributed by atoms with Crippen molar-refractivity contribution in [3.8, 4) is 0 Å². The highest BCUT2D eigenvalue weighted by molar-refractivity contribution is 8.14. The summed E-state index contributed by atoms with van der Waals surface area (Å²) in [5.74, 6) is 0.983. The third kappa shape index (κ3) is 5.42. The molecule has 1 amide bonds. The zero-order chi connectivity index (χ0) is 15.3. The molecule has 2 rings (SSSR count). The van der Waals surface area contributed by atoms with Gasteiger partial charge in [0.2, 0.25) is 0 Å². The van der Waals surface area contributed by atoms with Crippen LogP contribution in [0.5, 0.6) is 0 Å². The maximum atomic E-state index is 12.0. The highest BCUT2D eigenvalue weighted by atomic mass is 32.2. The molecule has 21 heavy (non-hydrogen) atoms. The molecule has 0 saturated heterocycles. The monoisotopic (exact) mass is 306 g/mol. The number of nitrogens with zero attached hydrogens (tertiary/aromatic N) is 1. The molecule has 0 fully saturated rings. The molecule has 1 aliphatic heterocycles. The minimum atomic E-state index is -0.494. The number of carbonyl (C=O) groups excluding carboxylic acids is 1. The fourth-order valence-corrected chi connectivity index (χ4v) is 2.98. The first-order valence-electron chi connectivity index (χ1n) is 7.14. The quantitative estimate of drug-likeness (QED) is 0.929. The molecular formula is C16H22N2O2S. The minimum absolute atomic E-state index is 0.116. The van der Waals surface area contributed by atoms with Crippen LogP contribution in [0.25, 0.3) is 0 Å². The van der Waals surface area contributed by atoms with Gasteiger partial charge in [-0.3, -0.25) is 4.99 Å². The molecule has 1 aromatic rings. The largest absolute Gasteiger partial charge is 0.444 e. The maximum Gasteiger partial charge on any atom is 0.408 e. The van der Waals surface area contributed by atoms with E-state index in [0.29, 0.717) is 0 Å². The van der Waals surface area contributed by atoms with Gasteiger partial charge in [-0.15, -0.1) is 11.8 Å². The Hall–Kier alpha value is -1.49. The number of hydrogen-bond donors (Lipinski definition) is 1. The third-order valence-corrected chi connectivity index (χ3v) is 3.98. The van der Waals surface area contributed by atoms with E-state index >= 15 is 0 Å². The van der Waals surface area contributed by atoms with Crippen molar-refractivity contribution in [1.82, 2.24) is 5.32 Å². The van der Waals surface area contributed by atoms with Crippen LogP contribution >= 0.6 is 11.8 Å². The first kappa shape index (κ1) is 15.9. The summed E-state index contributed by atoms with van der Waals surface area (Å²) in [6.45, 7) is 6.41. The second-order valence-electron chi connectivity index (χ2n) is 5.96. The average Bonchev–Trinajstić information content (AvgIpc) is 2.90. The van der Waals surface area contributed by atoms with E-state index in [1.807, 2.05) is 39.0 Å². The number of ether oxygens (including phenoxy) is 1. The predicted octanol–water partition coefficient (Wildman–Crippen LogP) is 3.27. The molecule has 0 radical (unpaired) electrons. The van der Waals surface area contributed by atoms with Gasteiger partial charge in [0, 0.05) is 12.3 Å². The number of amides is 1. The molecule has 1 N–H and O–H groups in total. The number of carbonyl (C=O) groups is 1. The Morgan fingerprint density at radius 1 is 1.38 bits per heavy atom. The summed E-state index contributed by atoms with van der Waals surface area (Å²) in [5, 5.41) is 3.94. The Kier molecular flexibility index (Phi) is 5.28. The summed E-state index contributed by atoms with van der Waals surface area (Å²) < 4.78 is 5.35. The summed E-state index contributed by atoms with van der Waals surface area (Å²) in [4.78, 5) is 16.5. The van der Waals surface area contributed by atoms with Crippen LogP contribution in [0.15, 0.2) is 35.3 Å². The molecule has 0 bridgehead atoms. The number of hydrogen-bond acceptors (Lipinski definition) is 4. The standard InChI is InChI=1S/C16H22N2O2S/c1-16(2,3)20-15(19)18-13(14-17-9-10-21-14)11-12-7-5-4-6-8-12/h4-8,13H,9-11H2,1-3H3,(H,18,19)/t13-/m0/s1. The molecule has 1 aliphatic rings. The number of nitrogens with one attached hydrogen (secondary N) is 1. The van der Waals surface area contributed by atoms with E-state index in [-0.39, 0.29) is 6.04 Å². The molecule has 114 valence electrons. The van der Waals surface area contributed by atoms with Crippen LogP contribution in [0, 0.1) is 0 Å². The van der Waals surface area contributed by atoms with Gasteiger partial charge in [0.25, 0.3) is 0 Å². The smallest absolute Gasteiger partial charge is 0.408 e. The molecule has 0 saturated carbocycles. The molecule has 4 nitrogen and oxygen atoms in total. The van der Waals surface area contributed by atoms with Gasteiger partial charge in [-0.2, -0.15) is 0 Å². The number of alkyl carbamates (subject to hydrolysis) is 1. The topological polar surface area (TPSA) is 50.7 Å². The summed E-state index contributed by atoms with van der Waals surface area (Å²) >= 11 is 1.71. The summed E-state index contributed by atoms with van der Waals surface area (Å²) in [7, 11) is 0. The van der Waals surface area contributed by atoms with Crippen LogP contribution in [0.3, 0.4) is 0 Å². The minimum Gasteiger partial charge on any atom is -0.444 e. The number of thioether (sulfide) groups is 1. The first-order valence-corrected chi connectivity index (χ1v) is 8.13. The Morgan fingerprint density at radius 3 is 2.67 bits per heavy atom. The van der Waals surface area contributed by atoms with E-state index in [1.165, 1.54) is 5.56 Å². The van der Waals surface area contributed by atoms with Gasteiger partial charge in [-0.05, 0) is 32.8 Å². The lowest BCUT2D eigenvalue weighted by Gasteiger charge is -2.23. The highest BCUT2D eigenvalue weighted by Crippen LogP contribution is 2.18. The van der Waals surface area contributed by atoms with Crippen molar-refractivity contribution in [1.29, 1.82) is 0 Å². The maximum absolute atomic E-state index is 12.0. The Balaban J connectivity index is 2.04. The van der Waals surface area contributed by atoms with Crippen LogP contribution in [0.2, 0.25) is 0 Å². The van der Waals surface area contributed by atoms with Crippen molar-refractivity contribution >= 4 is 22.9 Å². The van der Waals surface area contributed by atoms with E-state index in [2.05, 4.69) is 22.4 Å². The normalized spacial score (nSPS) is 16.2. The summed E-state index contributed by atoms with van der Waals surface area (Å²) in [6.07, 6.45) is 0.338. The Bertz CT molecular complexity index is 509. The highest BCUT2D eigenvalue weighted by Gasteiger charge is 2.25. The molecular weight excluding hydrogens is 284 g/mol. The van der Waals surface area contributed by atoms with E-state index < -0.39 is 11.7 Å². The number of aliphatic imine (C=N–C) groups is 1. The molecule has 0 unspecified atom stereocenters. The van der Waals surface area contributed by atoms with E-state index in [9.17, 15) is 4.79 Å². The fraction of sp³-hybridized carbons (Fsp3) is 0.500. The molecule has 5 heteroatoms. The van der Waals surface area contributed by atoms with Crippen LogP contribution in [0.4, 0.5) is 4.79 Å². The predicted molar refractivity (Wildman–Crippen MR) is 88.1 cm³/mol. The van der Waals surface area contributed by atoms with Crippen molar-refractivity contribution in [2.45, 2.75) is 38.8 Å². The van der Waals surface area contributed by atoms with Crippen LogP contribution < -0.4 is 5.32 Å². The van der Waals surface area contributed by atoms with Crippen molar-refractivity contribution in [3.05, 3.63) is 35.9 Å². The van der Waals surface area contributed by atoms with Crippen LogP contribution in [-0.4, -0.2) is 35.1 Å². The van der Waals surface area contributed by atoms with Crippen LogP contribution in [0.1, 0.15) is 26.3 Å². The van der Waals surface area contributed by atoms with Crippen molar-refractivity contribution in [2.24, 2.45) is 4.99 Å². The molecule has 1 aromatic carbocycles. The zero-order valence-electron chi connectivity index (χ0n) is 12.8. The lowest BCUT2D eigenvalue weighted by molar-refractivity contribution is 0.0518. The van der Waals surface area contributed by atoms with Gasteiger partial charge in [0.15, 0.2) is 0 Å². The van der Waals surface area contributed by atoms with Gasteiger partial charge >= 0.3 is 6.09 Å². The average molecular weight is 306 g/mol. The van der Waals surface area contributed by atoms with E-state index in [1.54, 1.807) is 11.8 Å². The molecule has 1 heterocycles. The lowest BCUT2D eigenvalue weighted by atomic mass is 10.1. The van der Waals surface area contributed by atoms with Gasteiger partial charge < -0.3 is 10.1 Å². The van der Waals surface area contributed by atoms with Gasteiger partial charge in [0.05, 0.1) is 11.1 Å². The second-order valence-corrected chi connectivity index (χ2v) is 7.07. The lowest BCUT2D eigenvalue weighted by Crippen LogP contribution is -2.43. The fourth-order valence-electron chi connectivity index (χ4n) is 2.06. The number of benzene rings is 1. The van der Waals surface area contributed by atoms with E-state index in [4.69, 9.17) is 4.74 Å². The van der Waals surface area contributed by atoms with Crippen molar-refractivity contribution in [2.75, 3.05) is 12.3 Å². The summed E-state index contributed by atoms with van der Waals surface area (Å²) in [6, 6.07) is 10.00. The molecule has 0 aliphatic carbocycles. The van der Waals surface area contributed by atoms with Gasteiger partial charge in [-0.1, -0.05) is 30.3 Å². The Labute approximate surface area is 130 Å². The first-order chi connectivity index (χ1) is 9.94. The van der Waals surface area contributed by atoms with Crippen LogP contribution in [-0.2, 0) is 11.2 Å². The molecule has 0 spiro atoms. The van der Waals surface area contributed by atoms with E-state index in [0.717, 1.165) is 23.8 Å². The summed E-state index contributed by atoms with van der Waals surface area (Å²) in [5.41, 5.74) is 0.681. The third-order valence-electron chi connectivity index (χ3n) is 2.88. The van der Waals surface area contributed by atoms with Crippen molar-refractivity contribution < 1.29 is 9.53 Å². The molecule has 0 aromatic heterocycles. The van der Waals surface area contributed by atoms with Gasteiger partial charge in [-0.25, -0.2) is 4.79 Å². The number of rotatable bonds is 4. The molecule has 1 atom stereocenters. The van der Waals surface area contributed by atoms with Gasteiger partial charge in [0.1, 0.15) is 5.60 Å². The SMILES string of the molecule is CC(C)(C)OC(=O)N[C@@H](Cc1ccccc1)C1=NCCS1. The Morgan fingerprint density at radius 2 is 2.10 bits per heavy atom. The van der Waals surface area contributed by atoms with Crippen molar-refractivity contribution in [3.63, 3.8) is 0 Å². The zero-order valence-corrected chi connectivity index (χ0v) is 13.6.